The Labute approximate surface area is 104 Å². The predicted molar refractivity (Wildman–Crippen MR) is 60.5 cm³/mol. The van der Waals surface area contributed by atoms with Crippen molar-refractivity contribution in [3.63, 3.8) is 0 Å². The molecule has 0 unspecified atom stereocenters. The van der Waals surface area contributed by atoms with Gasteiger partial charge in [-0.3, -0.25) is 4.79 Å². The Kier molecular flexibility index (Phi) is 5.83. The van der Waals surface area contributed by atoms with Crippen molar-refractivity contribution in [2.24, 2.45) is 0 Å². The first-order chi connectivity index (χ1) is 8.74. The molecule has 6 nitrogen and oxygen atoms in total. The molecule has 0 aliphatic rings. The van der Waals surface area contributed by atoms with Crippen LogP contribution in [0.1, 0.15) is 20.7 Å². The van der Waals surface area contributed by atoms with Crippen LogP contribution < -0.4 is 4.74 Å². The van der Waals surface area contributed by atoms with E-state index in [1.807, 2.05) is 0 Å². The molecule has 0 fully saturated rings. The Morgan fingerprint density at radius 3 is 2.61 bits per heavy atom. The van der Waals surface area contributed by atoms with Crippen molar-refractivity contribution < 1.29 is 28.5 Å². The molecule has 97 valence electrons. The first kappa shape index (κ1) is 14.1. The van der Waals surface area contributed by atoms with Crippen LogP contribution in [0.3, 0.4) is 0 Å². The molecule has 0 N–H and O–H groups in total. The van der Waals surface area contributed by atoms with Crippen LogP contribution in [0.5, 0.6) is 5.75 Å². The van der Waals surface area contributed by atoms with E-state index in [0.29, 0.717) is 6.29 Å². The molecule has 1 aromatic carbocycles. The molecule has 0 aromatic heterocycles. The van der Waals surface area contributed by atoms with Gasteiger partial charge in [0.1, 0.15) is 11.3 Å². The number of aldehydes is 1. The summed E-state index contributed by atoms with van der Waals surface area (Å²) in [5.41, 5.74) is 0.285. The number of hydrogen-bond acceptors (Lipinski definition) is 6. The van der Waals surface area contributed by atoms with Crippen molar-refractivity contribution in [2.75, 3.05) is 27.8 Å². The fourth-order valence-electron chi connectivity index (χ4n) is 1.21. The van der Waals surface area contributed by atoms with E-state index in [1.165, 1.54) is 26.4 Å². The number of carbonyl (C=O) groups is 2. The maximum Gasteiger partial charge on any atom is 0.344 e. The lowest BCUT2D eigenvalue weighted by atomic mass is 10.1. The zero-order valence-electron chi connectivity index (χ0n) is 10.1. The maximum absolute atomic E-state index is 11.7. The Morgan fingerprint density at radius 2 is 2.00 bits per heavy atom. The van der Waals surface area contributed by atoms with E-state index < -0.39 is 5.97 Å². The van der Waals surface area contributed by atoms with Crippen molar-refractivity contribution in [3.8, 4) is 5.75 Å². The fourth-order valence-corrected chi connectivity index (χ4v) is 1.21. The van der Waals surface area contributed by atoms with Crippen LogP contribution >= 0.6 is 0 Å². The van der Waals surface area contributed by atoms with Gasteiger partial charge in [0.05, 0.1) is 5.56 Å². The lowest BCUT2D eigenvalue weighted by Gasteiger charge is -2.11. The average molecular weight is 253 g/mol. The smallest absolute Gasteiger partial charge is 0.344 e. The highest BCUT2D eigenvalue weighted by Gasteiger charge is 2.17. The lowest BCUT2D eigenvalue weighted by molar-refractivity contribution is -0.0132. The number of benzene rings is 1. The summed E-state index contributed by atoms with van der Waals surface area (Å²) >= 11 is 0. The molecule has 1 rings (SSSR count). The van der Waals surface area contributed by atoms with Crippen molar-refractivity contribution in [2.45, 2.75) is 0 Å². The van der Waals surface area contributed by atoms with Gasteiger partial charge < -0.3 is 18.9 Å². The molecule has 6 heteroatoms. The molecule has 1 aromatic rings. The zero-order chi connectivity index (χ0) is 13.4. The standard InChI is InChI=1S/C12H13O6/c1-15-7-17-11-9(6-13)4-3-5-10(11)12(14)18-8-16-2/h4-6H,7-8H2,1-2H3. The van der Waals surface area contributed by atoms with Crippen LogP contribution in [0, 0.1) is 6.07 Å². The van der Waals surface area contributed by atoms with Crippen molar-refractivity contribution in [3.05, 3.63) is 29.3 Å². The summed E-state index contributed by atoms with van der Waals surface area (Å²) in [5.74, 6) is -0.561. The van der Waals surface area contributed by atoms with E-state index in [2.05, 4.69) is 10.8 Å². The third-order valence-corrected chi connectivity index (χ3v) is 1.95. The van der Waals surface area contributed by atoms with Gasteiger partial charge in [-0.15, -0.1) is 0 Å². The second-order valence-electron chi connectivity index (χ2n) is 3.16. The molecule has 0 bridgehead atoms. The van der Waals surface area contributed by atoms with Crippen molar-refractivity contribution >= 4 is 12.3 Å². The molecule has 0 saturated heterocycles. The molecule has 0 amide bonds. The van der Waals surface area contributed by atoms with Crippen molar-refractivity contribution in [1.29, 1.82) is 0 Å². The Balaban J connectivity index is 3.00. The third kappa shape index (κ3) is 3.54. The normalized spacial score (nSPS) is 9.89. The van der Waals surface area contributed by atoms with Crippen LogP contribution in [0.25, 0.3) is 0 Å². The number of esters is 1. The number of methoxy groups -OCH3 is 2. The zero-order valence-corrected chi connectivity index (χ0v) is 10.1. The molecular weight excluding hydrogens is 240 g/mol. The van der Waals surface area contributed by atoms with Gasteiger partial charge in [0, 0.05) is 14.2 Å². The largest absolute Gasteiger partial charge is 0.466 e. The van der Waals surface area contributed by atoms with Gasteiger partial charge in [0.25, 0.3) is 0 Å². The van der Waals surface area contributed by atoms with Gasteiger partial charge in [-0.1, -0.05) is 0 Å². The molecule has 18 heavy (non-hydrogen) atoms. The third-order valence-electron chi connectivity index (χ3n) is 1.95. The van der Waals surface area contributed by atoms with Gasteiger partial charge in [-0.2, -0.15) is 0 Å². The van der Waals surface area contributed by atoms with Gasteiger partial charge in [-0.05, 0) is 18.2 Å². The van der Waals surface area contributed by atoms with Crippen molar-refractivity contribution in [1.82, 2.24) is 0 Å². The van der Waals surface area contributed by atoms with Crippen LogP contribution in [0.2, 0.25) is 0 Å². The van der Waals surface area contributed by atoms with E-state index in [1.54, 1.807) is 0 Å². The number of hydrogen-bond donors (Lipinski definition) is 0. The Hall–Kier alpha value is -1.92. The molecule has 0 spiro atoms. The van der Waals surface area contributed by atoms with Gasteiger partial charge in [0.2, 0.25) is 0 Å². The topological polar surface area (TPSA) is 71.1 Å². The SMILES string of the molecule is COCOC(=O)c1c[c]cc(C=O)c1OCOC. The lowest BCUT2D eigenvalue weighted by Crippen LogP contribution is -2.12. The summed E-state index contributed by atoms with van der Waals surface area (Å²) in [7, 11) is 2.82. The Morgan fingerprint density at radius 1 is 1.28 bits per heavy atom. The highest BCUT2D eigenvalue weighted by molar-refractivity contribution is 5.96. The number of ether oxygens (including phenoxy) is 4. The van der Waals surface area contributed by atoms with E-state index in [4.69, 9.17) is 14.2 Å². The highest BCUT2D eigenvalue weighted by Crippen LogP contribution is 2.23. The summed E-state index contributed by atoms with van der Waals surface area (Å²) in [6.07, 6.45) is 0.564. The van der Waals surface area contributed by atoms with E-state index in [0.717, 1.165) is 0 Å². The number of carbonyl (C=O) groups excluding carboxylic acids is 2. The first-order valence-corrected chi connectivity index (χ1v) is 5.01. The van der Waals surface area contributed by atoms with E-state index >= 15 is 0 Å². The predicted octanol–water partition coefficient (Wildman–Crippen LogP) is 1.04. The maximum atomic E-state index is 11.7. The van der Waals surface area contributed by atoms with Gasteiger partial charge >= 0.3 is 5.97 Å². The molecule has 1 radical (unpaired) electrons. The second-order valence-corrected chi connectivity index (χ2v) is 3.16. The summed E-state index contributed by atoms with van der Waals surface area (Å²) in [6, 6.07) is 5.44. The van der Waals surface area contributed by atoms with Crippen LogP contribution in [0.4, 0.5) is 0 Å². The highest BCUT2D eigenvalue weighted by atomic mass is 16.7. The molecule has 0 heterocycles. The minimum absolute atomic E-state index is 0.0879. The van der Waals surface area contributed by atoms with E-state index in [9.17, 15) is 9.59 Å². The fraction of sp³-hybridized carbons (Fsp3) is 0.333. The molecule has 0 aliphatic heterocycles. The summed E-state index contributed by atoms with van der Waals surface area (Å²) in [4.78, 5) is 22.6. The minimum Gasteiger partial charge on any atom is -0.466 e. The van der Waals surface area contributed by atoms with Crippen LogP contribution in [0.15, 0.2) is 12.1 Å². The first-order valence-electron chi connectivity index (χ1n) is 5.01. The monoisotopic (exact) mass is 253 g/mol. The average Bonchev–Trinajstić information content (AvgIpc) is 2.41. The molecular formula is C12H13O6. The summed E-state index contributed by atoms with van der Waals surface area (Å²) in [5, 5.41) is 0. The molecule has 0 atom stereocenters. The van der Waals surface area contributed by atoms with Crippen LogP contribution in [-0.4, -0.2) is 40.1 Å². The molecule has 0 aliphatic carbocycles. The Bertz CT molecular complexity index is 415. The molecule has 0 saturated carbocycles. The van der Waals surface area contributed by atoms with Crippen LogP contribution in [-0.2, 0) is 14.2 Å². The summed E-state index contributed by atoms with van der Waals surface area (Å²) < 4.78 is 19.3. The summed E-state index contributed by atoms with van der Waals surface area (Å²) in [6.45, 7) is -0.275. The number of rotatable bonds is 7. The quantitative estimate of drug-likeness (QED) is 0.411. The van der Waals surface area contributed by atoms with E-state index in [-0.39, 0.29) is 30.5 Å². The van der Waals surface area contributed by atoms with Gasteiger partial charge in [0.15, 0.2) is 19.9 Å². The second kappa shape index (κ2) is 7.41. The van der Waals surface area contributed by atoms with Gasteiger partial charge in [-0.25, -0.2) is 4.79 Å². The minimum atomic E-state index is -0.664.